The fourth-order valence-electron chi connectivity index (χ4n) is 4.11. The van der Waals surface area contributed by atoms with E-state index in [-0.39, 0.29) is 29.0 Å². The standard InChI is InChI=1S/C22H23Cl2F3N6O3/c1-21(2,3)12-6-11-14(7-13(12)23)31-32-18(11)29-9-15-30-17(24)16(33(15)10-4-5-28-8-10)19(34)36-20(35)22(25,26)27/h6-7,10,28H,4-5,8-9H2,1-3H3,(H2,29,31,32)/t10-/m1/s1. The number of nitrogens with one attached hydrogen (secondary N) is 3. The molecule has 9 nitrogen and oxygen atoms in total. The number of carbonyl (C=O) groups excluding carboxylic acids is 2. The van der Waals surface area contributed by atoms with Gasteiger partial charge in [-0.15, -0.1) is 0 Å². The zero-order chi connectivity index (χ0) is 26.4. The Morgan fingerprint density at radius 2 is 1.97 bits per heavy atom. The molecule has 0 saturated carbocycles. The Morgan fingerprint density at radius 1 is 1.25 bits per heavy atom. The van der Waals surface area contributed by atoms with Gasteiger partial charge in [-0.1, -0.05) is 44.0 Å². The van der Waals surface area contributed by atoms with E-state index in [1.54, 1.807) is 6.07 Å². The van der Waals surface area contributed by atoms with E-state index in [9.17, 15) is 22.8 Å². The summed E-state index contributed by atoms with van der Waals surface area (Å²) >= 11 is 12.6. The van der Waals surface area contributed by atoms with Crippen molar-refractivity contribution in [1.29, 1.82) is 0 Å². The first-order valence-electron chi connectivity index (χ1n) is 11.0. The number of fused-ring (bicyclic) bond motifs is 1. The van der Waals surface area contributed by atoms with Crippen molar-refractivity contribution < 1.29 is 27.5 Å². The number of benzene rings is 1. The molecule has 0 unspecified atom stereocenters. The predicted molar refractivity (Wildman–Crippen MR) is 127 cm³/mol. The van der Waals surface area contributed by atoms with E-state index >= 15 is 0 Å². The molecule has 2 aromatic heterocycles. The van der Waals surface area contributed by atoms with E-state index < -0.39 is 23.8 Å². The highest BCUT2D eigenvalue weighted by Gasteiger charge is 2.43. The fourth-order valence-corrected chi connectivity index (χ4v) is 4.82. The molecule has 3 heterocycles. The van der Waals surface area contributed by atoms with E-state index in [1.165, 1.54) is 4.57 Å². The van der Waals surface area contributed by atoms with Crippen LogP contribution in [0, 0.1) is 0 Å². The van der Waals surface area contributed by atoms with Gasteiger partial charge in [-0.25, -0.2) is 14.6 Å². The van der Waals surface area contributed by atoms with Crippen molar-refractivity contribution in [2.45, 2.75) is 51.4 Å². The Kier molecular flexibility index (Phi) is 6.97. The number of H-pyrrole nitrogens is 1. The second-order valence-corrected chi connectivity index (χ2v) is 10.2. The first-order valence-corrected chi connectivity index (χ1v) is 11.8. The number of ether oxygens (including phenoxy) is 1. The van der Waals surface area contributed by atoms with Crippen molar-refractivity contribution >= 4 is 51.9 Å². The van der Waals surface area contributed by atoms with Crippen molar-refractivity contribution in [3.63, 3.8) is 0 Å². The number of alkyl halides is 3. The number of aromatic amines is 1. The molecule has 1 fully saturated rings. The number of imidazole rings is 1. The number of hydrogen-bond donors (Lipinski definition) is 3. The SMILES string of the molecule is CC(C)(C)c1cc2c(NCc3nc(Cl)c(C(=O)OC(=O)C(F)(F)F)n3[C@@H]3CCNC3)n[nH]c2cc1Cl. The topological polar surface area (TPSA) is 114 Å². The van der Waals surface area contributed by atoms with Crippen molar-refractivity contribution in [2.75, 3.05) is 18.4 Å². The molecule has 14 heteroatoms. The van der Waals surface area contributed by atoms with E-state index in [0.717, 1.165) is 10.9 Å². The lowest BCUT2D eigenvalue weighted by Crippen LogP contribution is -2.30. The molecule has 0 amide bonds. The lowest BCUT2D eigenvalue weighted by atomic mass is 9.86. The van der Waals surface area contributed by atoms with Crippen LogP contribution >= 0.6 is 23.2 Å². The van der Waals surface area contributed by atoms with Crippen LogP contribution in [0.3, 0.4) is 0 Å². The smallest absolute Gasteiger partial charge is 0.381 e. The van der Waals surface area contributed by atoms with Gasteiger partial charge < -0.3 is 19.9 Å². The van der Waals surface area contributed by atoms with Gasteiger partial charge in [0, 0.05) is 23.0 Å². The maximum atomic E-state index is 12.6. The van der Waals surface area contributed by atoms with Gasteiger partial charge in [0.15, 0.2) is 16.7 Å². The average molecular weight is 547 g/mol. The van der Waals surface area contributed by atoms with Crippen LogP contribution in [0.25, 0.3) is 10.9 Å². The number of esters is 2. The molecule has 0 aliphatic carbocycles. The van der Waals surface area contributed by atoms with Crippen LogP contribution in [0.1, 0.15) is 55.1 Å². The van der Waals surface area contributed by atoms with E-state index in [2.05, 4.69) is 30.6 Å². The highest BCUT2D eigenvalue weighted by atomic mass is 35.5. The van der Waals surface area contributed by atoms with E-state index in [1.807, 2.05) is 26.8 Å². The van der Waals surface area contributed by atoms with Gasteiger partial charge in [0.25, 0.3) is 0 Å². The summed E-state index contributed by atoms with van der Waals surface area (Å²) in [6.07, 6.45) is -4.77. The minimum Gasteiger partial charge on any atom is -0.381 e. The normalized spacial score (nSPS) is 16.5. The molecule has 194 valence electrons. The number of hydrogen-bond acceptors (Lipinski definition) is 7. The van der Waals surface area contributed by atoms with Crippen molar-refractivity contribution in [1.82, 2.24) is 25.1 Å². The number of carbonyl (C=O) groups is 2. The van der Waals surface area contributed by atoms with Gasteiger partial charge in [-0.05, 0) is 36.1 Å². The zero-order valence-corrected chi connectivity index (χ0v) is 21.0. The molecule has 1 atom stereocenters. The summed E-state index contributed by atoms with van der Waals surface area (Å²) in [6, 6.07) is 3.37. The van der Waals surface area contributed by atoms with Crippen LogP contribution in [0.5, 0.6) is 0 Å². The van der Waals surface area contributed by atoms with Gasteiger partial charge in [0.05, 0.1) is 12.1 Å². The lowest BCUT2D eigenvalue weighted by molar-refractivity contribution is -0.193. The Balaban J connectivity index is 1.66. The Morgan fingerprint density at radius 3 is 2.58 bits per heavy atom. The van der Waals surface area contributed by atoms with E-state index in [0.29, 0.717) is 35.9 Å². The molecule has 1 aromatic carbocycles. The molecule has 36 heavy (non-hydrogen) atoms. The van der Waals surface area contributed by atoms with Gasteiger partial charge in [-0.2, -0.15) is 18.3 Å². The van der Waals surface area contributed by atoms with Gasteiger partial charge >= 0.3 is 18.1 Å². The van der Waals surface area contributed by atoms with Crippen LogP contribution in [0.2, 0.25) is 10.2 Å². The first kappa shape index (κ1) is 26.2. The monoisotopic (exact) mass is 546 g/mol. The van der Waals surface area contributed by atoms with E-state index in [4.69, 9.17) is 23.2 Å². The zero-order valence-electron chi connectivity index (χ0n) is 19.5. The lowest BCUT2D eigenvalue weighted by Gasteiger charge is -2.21. The first-order chi connectivity index (χ1) is 16.8. The number of nitrogens with zero attached hydrogens (tertiary/aromatic N) is 3. The molecule has 1 aliphatic rings. The summed E-state index contributed by atoms with van der Waals surface area (Å²) in [5, 5.41) is 14.5. The summed E-state index contributed by atoms with van der Waals surface area (Å²) in [5.41, 5.74) is 0.977. The molecular weight excluding hydrogens is 524 g/mol. The third kappa shape index (κ3) is 5.16. The molecule has 3 N–H and O–H groups in total. The number of anilines is 1. The average Bonchev–Trinajstić information content (AvgIpc) is 3.48. The highest BCUT2D eigenvalue weighted by Crippen LogP contribution is 2.35. The number of rotatable bonds is 5. The third-order valence-electron chi connectivity index (χ3n) is 5.82. The maximum absolute atomic E-state index is 12.6. The molecule has 1 saturated heterocycles. The molecule has 0 bridgehead atoms. The second-order valence-electron chi connectivity index (χ2n) is 9.41. The Bertz CT molecular complexity index is 1320. The Labute approximate surface area is 213 Å². The predicted octanol–water partition coefficient (Wildman–Crippen LogP) is 4.76. The summed E-state index contributed by atoms with van der Waals surface area (Å²) in [4.78, 5) is 27.9. The van der Waals surface area contributed by atoms with Crippen molar-refractivity contribution in [3.8, 4) is 0 Å². The molecule has 4 rings (SSSR count). The largest absolute Gasteiger partial charge is 0.491 e. The van der Waals surface area contributed by atoms with Gasteiger partial charge in [-0.3, -0.25) is 5.10 Å². The molecular formula is C22H23Cl2F3N6O3. The second kappa shape index (κ2) is 9.56. The summed E-state index contributed by atoms with van der Waals surface area (Å²) in [6.45, 7) is 7.17. The molecule has 0 radical (unpaired) electrons. The third-order valence-corrected chi connectivity index (χ3v) is 6.40. The van der Waals surface area contributed by atoms with Crippen molar-refractivity contribution in [3.05, 3.63) is 39.4 Å². The molecule has 0 spiro atoms. The Hall–Kier alpha value is -2.83. The van der Waals surface area contributed by atoms with Crippen LogP contribution in [-0.2, 0) is 21.5 Å². The quantitative estimate of drug-likeness (QED) is 0.312. The number of halogens is 5. The summed E-state index contributed by atoms with van der Waals surface area (Å²) < 4.78 is 43.4. The highest BCUT2D eigenvalue weighted by molar-refractivity contribution is 6.32. The number of aromatic nitrogens is 4. The van der Waals surface area contributed by atoms with Crippen molar-refractivity contribution in [2.24, 2.45) is 0 Å². The minimum absolute atomic E-state index is 0.0319. The van der Waals surface area contributed by atoms with Crippen LogP contribution in [0.15, 0.2) is 12.1 Å². The summed E-state index contributed by atoms with van der Waals surface area (Å²) in [5.74, 6) is -3.40. The minimum atomic E-state index is -5.33. The maximum Gasteiger partial charge on any atom is 0.491 e. The van der Waals surface area contributed by atoms with Crippen LogP contribution in [-0.4, -0.2) is 51.0 Å². The summed E-state index contributed by atoms with van der Waals surface area (Å²) in [7, 11) is 0. The van der Waals surface area contributed by atoms with Gasteiger partial charge in [0.2, 0.25) is 0 Å². The van der Waals surface area contributed by atoms with Gasteiger partial charge in [0.1, 0.15) is 5.82 Å². The van der Waals surface area contributed by atoms with Crippen LogP contribution in [0.4, 0.5) is 19.0 Å². The molecule has 1 aliphatic heterocycles. The molecule has 3 aromatic rings. The van der Waals surface area contributed by atoms with Crippen LogP contribution < -0.4 is 10.6 Å². The fraction of sp³-hybridized carbons (Fsp3) is 0.455.